The van der Waals surface area contributed by atoms with Crippen molar-refractivity contribution < 1.29 is 9.18 Å². The Labute approximate surface area is 141 Å². The third-order valence-corrected chi connectivity index (χ3v) is 5.34. The van der Waals surface area contributed by atoms with Crippen molar-refractivity contribution in [2.45, 2.75) is 12.2 Å². The summed E-state index contributed by atoms with van der Waals surface area (Å²) < 4.78 is 14.2. The molecule has 118 valence electrons. The van der Waals surface area contributed by atoms with E-state index >= 15 is 0 Å². The van der Waals surface area contributed by atoms with Gasteiger partial charge in [0.1, 0.15) is 10.8 Å². The van der Waals surface area contributed by atoms with Crippen molar-refractivity contribution in [1.82, 2.24) is 4.98 Å². The largest absolute Gasteiger partial charge is 0.326 e. The summed E-state index contributed by atoms with van der Waals surface area (Å²) in [6.45, 7) is 0. The molecule has 0 aliphatic rings. The van der Waals surface area contributed by atoms with Gasteiger partial charge < -0.3 is 5.32 Å². The monoisotopic (exact) mass is 346 g/mol. The van der Waals surface area contributed by atoms with Crippen LogP contribution >= 0.6 is 23.1 Å². The van der Waals surface area contributed by atoms with Crippen LogP contribution in [0.25, 0.3) is 10.2 Å². The Morgan fingerprint density at radius 2 is 2.09 bits per heavy atom. The van der Waals surface area contributed by atoms with E-state index in [1.54, 1.807) is 35.2 Å². The van der Waals surface area contributed by atoms with E-state index in [0.717, 1.165) is 16.3 Å². The smallest absolute Gasteiger partial charge is 0.225 e. The van der Waals surface area contributed by atoms with Crippen molar-refractivity contribution in [1.29, 1.82) is 0 Å². The normalized spacial score (nSPS) is 10.8. The van der Waals surface area contributed by atoms with Gasteiger partial charge in [0.2, 0.25) is 5.91 Å². The van der Waals surface area contributed by atoms with Crippen molar-refractivity contribution in [2.75, 3.05) is 11.1 Å². The molecule has 6 heteroatoms. The van der Waals surface area contributed by atoms with Crippen LogP contribution < -0.4 is 5.32 Å². The number of halogens is 1. The van der Waals surface area contributed by atoms with Crippen molar-refractivity contribution in [2.24, 2.45) is 0 Å². The van der Waals surface area contributed by atoms with Gasteiger partial charge in [0, 0.05) is 23.6 Å². The summed E-state index contributed by atoms with van der Waals surface area (Å²) in [5.74, 6) is 1.05. The van der Waals surface area contributed by atoms with E-state index in [9.17, 15) is 9.18 Å². The number of benzene rings is 2. The Hall–Kier alpha value is -1.92. The van der Waals surface area contributed by atoms with Gasteiger partial charge in [-0.15, -0.1) is 11.3 Å². The van der Waals surface area contributed by atoms with E-state index < -0.39 is 0 Å². The minimum atomic E-state index is -0.354. The molecular formula is C17H15FN2OS2. The molecular weight excluding hydrogens is 331 g/mol. The maximum Gasteiger partial charge on any atom is 0.225 e. The number of amides is 1. The number of para-hydroxylation sites is 1. The summed E-state index contributed by atoms with van der Waals surface area (Å²) in [5.41, 5.74) is 1.52. The molecule has 23 heavy (non-hydrogen) atoms. The quantitative estimate of drug-likeness (QED) is 0.658. The first-order valence-electron chi connectivity index (χ1n) is 7.18. The second-order valence-electron chi connectivity index (χ2n) is 4.94. The van der Waals surface area contributed by atoms with Crippen LogP contribution in [-0.2, 0) is 10.5 Å². The average molecular weight is 346 g/mol. The number of thiazole rings is 1. The average Bonchev–Trinajstić information content (AvgIpc) is 2.94. The first-order chi connectivity index (χ1) is 11.2. The molecule has 1 N–H and O–H groups in total. The lowest BCUT2D eigenvalue weighted by Crippen LogP contribution is -2.12. The number of aromatic nitrogens is 1. The summed E-state index contributed by atoms with van der Waals surface area (Å²) in [6.07, 6.45) is 0.395. The lowest BCUT2D eigenvalue weighted by atomic mass is 10.3. The van der Waals surface area contributed by atoms with E-state index in [4.69, 9.17) is 0 Å². The van der Waals surface area contributed by atoms with Gasteiger partial charge in [0.15, 0.2) is 0 Å². The van der Waals surface area contributed by atoms with Gasteiger partial charge in [-0.1, -0.05) is 18.2 Å². The molecule has 1 heterocycles. The first-order valence-corrected chi connectivity index (χ1v) is 9.15. The second-order valence-corrected chi connectivity index (χ2v) is 7.16. The molecule has 0 spiro atoms. The van der Waals surface area contributed by atoms with E-state index in [1.165, 1.54) is 16.8 Å². The van der Waals surface area contributed by atoms with Crippen molar-refractivity contribution in [3.05, 3.63) is 59.4 Å². The zero-order valence-corrected chi connectivity index (χ0v) is 13.9. The molecule has 0 aliphatic heterocycles. The van der Waals surface area contributed by atoms with Gasteiger partial charge in [-0.05, 0) is 30.3 Å². The molecule has 0 saturated carbocycles. The molecule has 0 radical (unpaired) electrons. The topological polar surface area (TPSA) is 42.0 Å². The highest BCUT2D eigenvalue weighted by Gasteiger charge is 2.06. The Morgan fingerprint density at radius 1 is 1.22 bits per heavy atom. The molecule has 0 saturated heterocycles. The zero-order valence-electron chi connectivity index (χ0n) is 12.3. The standard InChI is InChI=1S/C17H15FN2OS2/c18-12-4-3-5-13(10-12)19-16(21)8-9-22-11-17-20-14-6-1-2-7-15(14)23-17/h1-7,10H,8-9,11H2,(H,19,21). The number of fused-ring (bicyclic) bond motifs is 1. The molecule has 0 unspecified atom stereocenters. The Bertz CT molecular complexity index is 786. The van der Waals surface area contributed by atoms with Gasteiger partial charge in [-0.2, -0.15) is 11.8 Å². The van der Waals surface area contributed by atoms with Gasteiger partial charge in [0.05, 0.1) is 10.2 Å². The van der Waals surface area contributed by atoms with E-state index in [0.29, 0.717) is 17.9 Å². The highest BCUT2D eigenvalue weighted by atomic mass is 32.2. The van der Waals surface area contributed by atoms with Crippen LogP contribution in [0.3, 0.4) is 0 Å². The fourth-order valence-corrected chi connectivity index (χ4v) is 4.06. The molecule has 3 nitrogen and oxygen atoms in total. The lowest BCUT2D eigenvalue weighted by Gasteiger charge is -2.04. The minimum Gasteiger partial charge on any atom is -0.326 e. The van der Waals surface area contributed by atoms with E-state index in [1.807, 2.05) is 18.2 Å². The molecule has 1 amide bonds. The Kier molecular flexibility index (Phi) is 5.25. The third-order valence-electron chi connectivity index (χ3n) is 3.15. The van der Waals surface area contributed by atoms with Crippen LogP contribution in [0.15, 0.2) is 48.5 Å². The second kappa shape index (κ2) is 7.57. The van der Waals surface area contributed by atoms with Crippen molar-refractivity contribution in [3.8, 4) is 0 Å². The van der Waals surface area contributed by atoms with Crippen LogP contribution in [0.2, 0.25) is 0 Å². The van der Waals surface area contributed by atoms with Crippen molar-refractivity contribution in [3.63, 3.8) is 0 Å². The maximum atomic E-state index is 13.0. The number of anilines is 1. The maximum absolute atomic E-state index is 13.0. The number of rotatable bonds is 6. The molecule has 2 aromatic carbocycles. The number of nitrogens with zero attached hydrogens (tertiary/aromatic N) is 1. The summed E-state index contributed by atoms with van der Waals surface area (Å²) in [7, 11) is 0. The number of hydrogen-bond acceptors (Lipinski definition) is 4. The molecule has 0 bridgehead atoms. The highest BCUT2D eigenvalue weighted by Crippen LogP contribution is 2.25. The summed E-state index contributed by atoms with van der Waals surface area (Å²) in [6, 6.07) is 14.0. The SMILES string of the molecule is O=C(CCSCc1nc2ccccc2s1)Nc1cccc(F)c1. The van der Waals surface area contributed by atoms with Gasteiger partial charge in [-0.3, -0.25) is 4.79 Å². The first kappa shape index (κ1) is 16.0. The Balaban J connectivity index is 1.43. The van der Waals surface area contributed by atoms with Gasteiger partial charge in [-0.25, -0.2) is 9.37 Å². The number of thioether (sulfide) groups is 1. The molecule has 1 aromatic heterocycles. The van der Waals surface area contributed by atoms with E-state index in [2.05, 4.69) is 16.4 Å². The number of carbonyl (C=O) groups excluding carboxylic acids is 1. The summed E-state index contributed by atoms with van der Waals surface area (Å²) >= 11 is 3.36. The van der Waals surface area contributed by atoms with Crippen LogP contribution in [-0.4, -0.2) is 16.6 Å². The number of carbonyl (C=O) groups is 1. The fraction of sp³-hybridized carbons (Fsp3) is 0.176. The molecule has 0 fully saturated rings. The minimum absolute atomic E-state index is 0.104. The lowest BCUT2D eigenvalue weighted by molar-refractivity contribution is -0.115. The van der Waals surface area contributed by atoms with E-state index in [-0.39, 0.29) is 11.7 Å². The Morgan fingerprint density at radius 3 is 2.91 bits per heavy atom. The molecule has 3 rings (SSSR count). The van der Waals surface area contributed by atoms with Crippen LogP contribution in [0.4, 0.5) is 10.1 Å². The zero-order chi connectivity index (χ0) is 16.1. The van der Waals surface area contributed by atoms with Crippen molar-refractivity contribution >= 4 is 44.9 Å². The highest BCUT2D eigenvalue weighted by molar-refractivity contribution is 7.98. The predicted octanol–water partition coefficient (Wildman–Crippen LogP) is 4.70. The van der Waals surface area contributed by atoms with Gasteiger partial charge in [0.25, 0.3) is 0 Å². The summed E-state index contributed by atoms with van der Waals surface area (Å²) in [5, 5.41) is 3.77. The fourth-order valence-electron chi connectivity index (χ4n) is 2.10. The van der Waals surface area contributed by atoms with Gasteiger partial charge >= 0.3 is 0 Å². The van der Waals surface area contributed by atoms with Crippen LogP contribution in [0.1, 0.15) is 11.4 Å². The molecule has 0 atom stereocenters. The van der Waals surface area contributed by atoms with Crippen LogP contribution in [0, 0.1) is 5.82 Å². The number of hydrogen-bond donors (Lipinski definition) is 1. The third kappa shape index (κ3) is 4.53. The predicted molar refractivity (Wildman–Crippen MR) is 95.4 cm³/mol. The number of nitrogens with one attached hydrogen (secondary N) is 1. The molecule has 3 aromatic rings. The van der Waals surface area contributed by atoms with Crippen LogP contribution in [0.5, 0.6) is 0 Å². The summed E-state index contributed by atoms with van der Waals surface area (Å²) in [4.78, 5) is 16.4. The molecule has 0 aliphatic carbocycles.